The normalized spacial score (nSPS) is 14.7. The summed E-state index contributed by atoms with van der Waals surface area (Å²) in [6.45, 7) is 0. The molecule has 0 saturated carbocycles. The summed E-state index contributed by atoms with van der Waals surface area (Å²) in [5.74, 6) is -1.55. The topological polar surface area (TPSA) is 142 Å². The summed E-state index contributed by atoms with van der Waals surface area (Å²) in [6.07, 6.45) is 1.03. The third-order valence-electron chi connectivity index (χ3n) is 2.59. The van der Waals surface area contributed by atoms with Gasteiger partial charge in [-0.05, 0) is 12.1 Å². The predicted octanol–water partition coefficient (Wildman–Crippen LogP) is -0.0400. The average molecular weight is 322 g/mol. The standard InChI is InChI=1S/C9H12N2O7P2/c1-18-9(20(15,16)17)6-3-2-4-7-10-8(5-11(6)7)19(12,13)14/h2-5,9H,1H3,(H2,12,13,14)(H2,15,16,17). The first-order valence-electron chi connectivity index (χ1n) is 5.26. The van der Waals surface area contributed by atoms with Gasteiger partial charge in [0, 0.05) is 13.3 Å². The number of pyridine rings is 1. The van der Waals surface area contributed by atoms with Gasteiger partial charge in [-0.1, -0.05) is 6.07 Å². The fourth-order valence-electron chi connectivity index (χ4n) is 1.79. The fraction of sp³-hybridized carbons (Fsp3) is 0.222. The van der Waals surface area contributed by atoms with Gasteiger partial charge in [0.05, 0.1) is 5.69 Å². The summed E-state index contributed by atoms with van der Waals surface area (Å²) in [5.41, 5.74) is -0.285. The zero-order valence-corrected chi connectivity index (χ0v) is 12.0. The van der Waals surface area contributed by atoms with Crippen molar-refractivity contribution in [3.05, 3.63) is 30.1 Å². The van der Waals surface area contributed by atoms with Crippen molar-refractivity contribution in [2.45, 2.75) is 5.85 Å². The molecule has 0 aliphatic rings. The first-order chi connectivity index (χ1) is 9.14. The first-order valence-corrected chi connectivity index (χ1v) is 8.56. The van der Waals surface area contributed by atoms with Crippen LogP contribution in [0.3, 0.4) is 0 Å². The van der Waals surface area contributed by atoms with Crippen LogP contribution in [0.1, 0.15) is 11.5 Å². The smallest absolute Gasteiger partial charge is 0.363 e. The molecular formula is C9H12N2O7P2. The minimum atomic E-state index is -4.60. The molecule has 2 rings (SSSR count). The average Bonchev–Trinajstić information content (AvgIpc) is 2.72. The van der Waals surface area contributed by atoms with Crippen molar-refractivity contribution >= 4 is 26.3 Å². The monoisotopic (exact) mass is 322 g/mol. The summed E-state index contributed by atoms with van der Waals surface area (Å²) >= 11 is 0. The van der Waals surface area contributed by atoms with E-state index in [-0.39, 0.29) is 11.3 Å². The molecule has 0 bridgehead atoms. The lowest BCUT2D eigenvalue weighted by atomic mass is 10.3. The Kier molecular flexibility index (Phi) is 3.88. The van der Waals surface area contributed by atoms with Crippen LogP contribution in [0, 0.1) is 0 Å². The van der Waals surface area contributed by atoms with Crippen molar-refractivity contribution in [1.82, 2.24) is 9.38 Å². The van der Waals surface area contributed by atoms with Gasteiger partial charge in [-0.25, -0.2) is 4.98 Å². The van der Waals surface area contributed by atoms with Crippen molar-refractivity contribution in [3.8, 4) is 0 Å². The molecule has 0 radical (unpaired) electrons. The quantitative estimate of drug-likeness (QED) is 0.574. The van der Waals surface area contributed by atoms with Crippen LogP contribution < -0.4 is 5.44 Å². The van der Waals surface area contributed by atoms with Crippen LogP contribution in [0.2, 0.25) is 0 Å². The van der Waals surface area contributed by atoms with Gasteiger partial charge in [0.2, 0.25) is 0 Å². The molecule has 0 aromatic carbocycles. The third-order valence-corrected chi connectivity index (χ3v) is 4.49. The van der Waals surface area contributed by atoms with E-state index in [2.05, 4.69) is 4.98 Å². The summed E-state index contributed by atoms with van der Waals surface area (Å²) in [6, 6.07) is 4.29. The Morgan fingerprint density at radius 3 is 2.40 bits per heavy atom. The number of fused-ring (bicyclic) bond motifs is 1. The number of nitrogens with zero attached hydrogens (tertiary/aromatic N) is 2. The van der Waals surface area contributed by atoms with E-state index >= 15 is 0 Å². The molecule has 20 heavy (non-hydrogen) atoms. The lowest BCUT2D eigenvalue weighted by molar-refractivity contribution is 0.133. The van der Waals surface area contributed by atoms with Gasteiger partial charge in [0.25, 0.3) is 0 Å². The van der Waals surface area contributed by atoms with E-state index in [4.69, 9.17) is 14.5 Å². The molecule has 0 saturated heterocycles. The second-order valence-corrected chi connectivity index (χ2v) is 7.19. The Hall–Kier alpha value is -1.05. The van der Waals surface area contributed by atoms with Crippen LogP contribution in [-0.2, 0) is 13.9 Å². The van der Waals surface area contributed by atoms with E-state index in [0.717, 1.165) is 13.3 Å². The molecule has 1 atom stereocenters. The molecule has 110 valence electrons. The highest BCUT2D eigenvalue weighted by atomic mass is 31.2. The number of rotatable bonds is 4. The van der Waals surface area contributed by atoms with E-state index in [1.807, 2.05) is 0 Å². The van der Waals surface area contributed by atoms with E-state index in [1.54, 1.807) is 0 Å². The Morgan fingerprint density at radius 1 is 1.25 bits per heavy atom. The zero-order valence-electron chi connectivity index (χ0n) is 10.2. The summed E-state index contributed by atoms with van der Waals surface area (Å²) in [4.78, 5) is 40.4. The molecule has 0 amide bonds. The van der Waals surface area contributed by atoms with Gasteiger partial charge in [-0.15, -0.1) is 0 Å². The number of imidazole rings is 1. The highest BCUT2D eigenvalue weighted by Crippen LogP contribution is 2.52. The summed E-state index contributed by atoms with van der Waals surface area (Å²) in [5, 5.41) is 0. The number of methoxy groups -OCH3 is 1. The van der Waals surface area contributed by atoms with E-state index in [9.17, 15) is 18.9 Å². The maximum absolute atomic E-state index is 11.4. The second kappa shape index (κ2) is 5.05. The molecule has 11 heteroatoms. The number of ether oxygens (including phenoxy) is 1. The summed E-state index contributed by atoms with van der Waals surface area (Å²) in [7, 11) is -8.03. The Balaban J connectivity index is 2.69. The SMILES string of the molecule is COC(c1cccc2nc(P(=O)(O)O)cn12)P(=O)(O)O. The molecule has 2 heterocycles. The van der Waals surface area contributed by atoms with Crippen molar-refractivity contribution < 1.29 is 33.4 Å². The largest absolute Gasteiger partial charge is 0.376 e. The van der Waals surface area contributed by atoms with Gasteiger partial charge in [0.1, 0.15) is 5.65 Å². The van der Waals surface area contributed by atoms with Gasteiger partial charge in [-0.3, -0.25) is 13.5 Å². The van der Waals surface area contributed by atoms with Crippen LogP contribution in [0.5, 0.6) is 0 Å². The predicted molar refractivity (Wildman–Crippen MR) is 68.7 cm³/mol. The molecule has 1 unspecified atom stereocenters. The van der Waals surface area contributed by atoms with Crippen LogP contribution >= 0.6 is 15.2 Å². The molecule has 0 fully saturated rings. The van der Waals surface area contributed by atoms with Gasteiger partial charge in [-0.2, -0.15) is 0 Å². The molecule has 4 N–H and O–H groups in total. The van der Waals surface area contributed by atoms with Crippen molar-refractivity contribution in [3.63, 3.8) is 0 Å². The molecule has 2 aromatic rings. The minimum Gasteiger partial charge on any atom is -0.363 e. The summed E-state index contributed by atoms with van der Waals surface area (Å²) < 4.78 is 28.6. The molecule has 0 spiro atoms. The molecule has 2 aromatic heterocycles. The molecule has 0 aliphatic heterocycles. The van der Waals surface area contributed by atoms with Crippen LogP contribution in [-0.4, -0.2) is 36.1 Å². The third kappa shape index (κ3) is 2.84. The van der Waals surface area contributed by atoms with Crippen molar-refractivity contribution in [2.75, 3.05) is 7.11 Å². The molecular weight excluding hydrogens is 310 g/mol. The zero-order chi connectivity index (χ0) is 15.1. The Bertz CT molecular complexity index is 731. The van der Waals surface area contributed by atoms with E-state index in [0.29, 0.717) is 0 Å². The van der Waals surface area contributed by atoms with Crippen LogP contribution in [0.25, 0.3) is 5.65 Å². The van der Waals surface area contributed by atoms with Crippen molar-refractivity contribution in [2.24, 2.45) is 0 Å². The highest BCUT2D eigenvalue weighted by molar-refractivity contribution is 7.60. The first kappa shape index (κ1) is 15.3. The van der Waals surface area contributed by atoms with E-state index < -0.39 is 26.5 Å². The van der Waals surface area contributed by atoms with Crippen LogP contribution in [0.15, 0.2) is 24.4 Å². The molecule has 9 nitrogen and oxygen atoms in total. The maximum Gasteiger partial charge on any atom is 0.376 e. The minimum absolute atomic E-state index is 0.0468. The number of hydrogen-bond acceptors (Lipinski definition) is 4. The second-order valence-electron chi connectivity index (χ2n) is 4.00. The maximum atomic E-state index is 11.4. The lowest BCUT2D eigenvalue weighted by Gasteiger charge is -2.18. The number of hydrogen-bond donors (Lipinski definition) is 4. The molecule has 0 aliphatic carbocycles. The Labute approximate surface area is 113 Å². The van der Waals surface area contributed by atoms with Crippen LogP contribution in [0.4, 0.5) is 0 Å². The fourth-order valence-corrected chi connectivity index (χ4v) is 3.12. The van der Waals surface area contributed by atoms with Gasteiger partial charge >= 0.3 is 15.2 Å². The van der Waals surface area contributed by atoms with Crippen molar-refractivity contribution in [1.29, 1.82) is 0 Å². The van der Waals surface area contributed by atoms with E-state index in [1.165, 1.54) is 22.6 Å². The number of aromatic nitrogens is 2. The highest BCUT2D eigenvalue weighted by Gasteiger charge is 2.33. The lowest BCUT2D eigenvalue weighted by Crippen LogP contribution is -2.08. The van der Waals surface area contributed by atoms with Gasteiger partial charge in [0.15, 0.2) is 11.3 Å². The Morgan fingerprint density at radius 2 is 1.90 bits per heavy atom. The van der Waals surface area contributed by atoms with Gasteiger partial charge < -0.3 is 24.3 Å².